The summed E-state index contributed by atoms with van der Waals surface area (Å²) in [5.41, 5.74) is 5.55. The predicted octanol–water partition coefficient (Wildman–Crippen LogP) is 2.93. The first-order valence-corrected chi connectivity index (χ1v) is 7.86. The van der Waals surface area contributed by atoms with Gasteiger partial charge in [-0.15, -0.1) is 0 Å². The molecule has 0 spiro atoms. The molecule has 2 aromatic carbocycles. The number of carbonyl (C=O) groups excluding carboxylic acids is 2. The maximum absolute atomic E-state index is 12.1. The number of nitrogens with one attached hydrogen (secondary N) is 1. The summed E-state index contributed by atoms with van der Waals surface area (Å²) in [6.07, 6.45) is -0.0397. The van der Waals surface area contributed by atoms with Crippen LogP contribution in [0, 0.1) is 0 Å². The highest BCUT2D eigenvalue weighted by molar-refractivity contribution is 6.11. The van der Waals surface area contributed by atoms with Crippen molar-refractivity contribution in [3.05, 3.63) is 36.1 Å². The molecule has 1 heterocycles. The number of amides is 1. The first-order chi connectivity index (χ1) is 12.0. The van der Waals surface area contributed by atoms with Crippen LogP contribution in [0.1, 0.15) is 23.9 Å². The molecule has 0 unspecified atom stereocenters. The van der Waals surface area contributed by atoms with Crippen molar-refractivity contribution in [2.45, 2.75) is 13.3 Å². The summed E-state index contributed by atoms with van der Waals surface area (Å²) >= 11 is 0. The molecule has 0 aliphatic rings. The number of ether oxygens (including phenoxy) is 1. The lowest BCUT2D eigenvalue weighted by Crippen LogP contribution is -2.29. The van der Waals surface area contributed by atoms with Gasteiger partial charge in [0, 0.05) is 24.2 Å². The number of rotatable bonds is 5. The van der Waals surface area contributed by atoms with E-state index in [1.807, 2.05) is 0 Å². The first kappa shape index (κ1) is 16.8. The Morgan fingerprint density at radius 1 is 1.24 bits per heavy atom. The molecule has 7 nitrogen and oxygen atoms in total. The highest BCUT2D eigenvalue weighted by atomic mass is 16.6. The van der Waals surface area contributed by atoms with Crippen molar-refractivity contribution >= 4 is 33.6 Å². The molecule has 3 aromatic rings. The van der Waals surface area contributed by atoms with Crippen LogP contribution in [0.2, 0.25) is 0 Å². The molecule has 0 saturated carbocycles. The molecule has 1 aromatic heterocycles. The van der Waals surface area contributed by atoms with Crippen LogP contribution in [0.25, 0.3) is 21.7 Å². The maximum atomic E-state index is 12.1. The predicted molar refractivity (Wildman–Crippen MR) is 93.1 cm³/mol. The number of hydrogen-bond donors (Lipinski definition) is 3. The third-order valence-corrected chi connectivity index (χ3v) is 3.81. The Balaban J connectivity index is 2.14. The van der Waals surface area contributed by atoms with Gasteiger partial charge in [-0.1, -0.05) is 24.3 Å². The van der Waals surface area contributed by atoms with Gasteiger partial charge in [-0.25, -0.2) is 4.79 Å². The van der Waals surface area contributed by atoms with Crippen LogP contribution in [0.3, 0.4) is 0 Å². The average Bonchev–Trinajstić information content (AvgIpc) is 3.05. The van der Waals surface area contributed by atoms with Gasteiger partial charge in [0.2, 0.25) is 0 Å². The number of ketones is 1. The number of hydrogen-bond acceptors (Lipinski definition) is 6. The van der Waals surface area contributed by atoms with Crippen molar-refractivity contribution in [3.63, 3.8) is 0 Å². The molecule has 0 aliphatic carbocycles. The van der Waals surface area contributed by atoms with Crippen LogP contribution in [-0.2, 0) is 0 Å². The standard InChI is InChI=1S/C18H18N2O5/c1-10(21)14-9-13-15(22)11-5-2-3-6-12(11)16(17(13)24-14)25-18(23)20-8-4-7-19/h2-3,5-6,9,22H,4,7-8,19H2,1H3,(H,20,23). The largest absolute Gasteiger partial charge is 0.507 e. The fourth-order valence-corrected chi connectivity index (χ4v) is 2.59. The van der Waals surface area contributed by atoms with E-state index in [9.17, 15) is 14.7 Å². The normalized spacial score (nSPS) is 11.0. The highest BCUT2D eigenvalue weighted by Crippen LogP contribution is 2.43. The summed E-state index contributed by atoms with van der Waals surface area (Å²) in [6, 6.07) is 8.35. The molecule has 0 saturated heterocycles. The van der Waals surface area contributed by atoms with E-state index in [2.05, 4.69) is 5.32 Å². The van der Waals surface area contributed by atoms with E-state index in [0.29, 0.717) is 35.7 Å². The molecular formula is C18H18N2O5. The topological polar surface area (TPSA) is 115 Å². The van der Waals surface area contributed by atoms with Gasteiger partial charge in [0.15, 0.2) is 22.9 Å². The number of furan rings is 1. The first-order valence-electron chi connectivity index (χ1n) is 7.86. The Morgan fingerprint density at radius 3 is 2.64 bits per heavy atom. The molecule has 3 rings (SSSR count). The third-order valence-electron chi connectivity index (χ3n) is 3.81. The Bertz CT molecular complexity index is 961. The lowest BCUT2D eigenvalue weighted by atomic mass is 10.1. The molecule has 1 amide bonds. The number of Topliss-reactive ketones (excluding diaryl/α,β-unsaturated/α-hetero) is 1. The van der Waals surface area contributed by atoms with E-state index in [0.717, 1.165) is 0 Å². The number of nitrogens with two attached hydrogens (primary N) is 1. The molecule has 4 N–H and O–H groups in total. The number of benzene rings is 2. The lowest BCUT2D eigenvalue weighted by molar-refractivity contribution is 0.0989. The van der Waals surface area contributed by atoms with Crippen LogP contribution in [0.5, 0.6) is 11.5 Å². The second-order valence-electron chi connectivity index (χ2n) is 5.59. The minimum Gasteiger partial charge on any atom is -0.507 e. The van der Waals surface area contributed by atoms with Crippen LogP contribution >= 0.6 is 0 Å². The van der Waals surface area contributed by atoms with Crippen LogP contribution in [-0.4, -0.2) is 30.1 Å². The molecule has 0 bridgehead atoms. The SMILES string of the molecule is CC(=O)c1cc2c(O)c3ccccc3c(OC(=O)NCCCN)c2o1. The number of phenols is 1. The smallest absolute Gasteiger partial charge is 0.412 e. The van der Waals surface area contributed by atoms with Crippen molar-refractivity contribution < 1.29 is 23.8 Å². The summed E-state index contributed by atoms with van der Waals surface area (Å²) in [5.74, 6) is -0.0918. The van der Waals surface area contributed by atoms with Gasteiger partial charge in [0.1, 0.15) is 5.75 Å². The van der Waals surface area contributed by atoms with Crippen LogP contribution in [0.4, 0.5) is 4.79 Å². The number of fused-ring (bicyclic) bond motifs is 2. The van der Waals surface area contributed by atoms with Crippen LogP contribution < -0.4 is 15.8 Å². The Labute approximate surface area is 143 Å². The zero-order valence-corrected chi connectivity index (χ0v) is 13.7. The van der Waals surface area contributed by atoms with E-state index in [1.54, 1.807) is 24.3 Å². The fourth-order valence-electron chi connectivity index (χ4n) is 2.59. The molecule has 0 fully saturated rings. The van der Waals surface area contributed by atoms with Gasteiger partial charge in [-0.05, 0) is 19.0 Å². The second-order valence-corrected chi connectivity index (χ2v) is 5.59. The summed E-state index contributed by atoms with van der Waals surface area (Å²) < 4.78 is 11.0. The molecular weight excluding hydrogens is 324 g/mol. The molecule has 7 heteroatoms. The third kappa shape index (κ3) is 3.14. The Hall–Kier alpha value is -3.06. The quantitative estimate of drug-likeness (QED) is 0.485. The minimum absolute atomic E-state index is 0.0299. The highest BCUT2D eigenvalue weighted by Gasteiger charge is 2.22. The number of phenolic OH excluding ortho intramolecular Hbond substituents is 1. The molecule has 25 heavy (non-hydrogen) atoms. The Kier molecular flexibility index (Phi) is 4.58. The van der Waals surface area contributed by atoms with Gasteiger partial charge in [0.05, 0.1) is 5.39 Å². The lowest BCUT2D eigenvalue weighted by Gasteiger charge is -2.11. The van der Waals surface area contributed by atoms with Crippen LogP contribution in [0.15, 0.2) is 34.7 Å². The van der Waals surface area contributed by atoms with E-state index < -0.39 is 6.09 Å². The van der Waals surface area contributed by atoms with E-state index in [1.165, 1.54) is 13.0 Å². The fraction of sp³-hybridized carbons (Fsp3) is 0.222. The summed E-state index contributed by atoms with van der Waals surface area (Å²) in [6.45, 7) is 2.19. The zero-order valence-electron chi connectivity index (χ0n) is 13.7. The van der Waals surface area contributed by atoms with Crippen molar-refractivity contribution in [3.8, 4) is 11.5 Å². The molecule has 130 valence electrons. The van der Waals surface area contributed by atoms with E-state index in [-0.39, 0.29) is 28.6 Å². The monoisotopic (exact) mass is 342 g/mol. The molecule has 0 atom stereocenters. The van der Waals surface area contributed by atoms with Crippen molar-refractivity contribution in [2.75, 3.05) is 13.1 Å². The van der Waals surface area contributed by atoms with Crippen molar-refractivity contribution in [2.24, 2.45) is 5.73 Å². The Morgan fingerprint density at radius 2 is 1.96 bits per heavy atom. The molecule has 0 radical (unpaired) electrons. The van der Waals surface area contributed by atoms with Gasteiger partial charge in [0.25, 0.3) is 0 Å². The molecule has 0 aliphatic heterocycles. The number of carbonyl (C=O) groups is 2. The van der Waals surface area contributed by atoms with E-state index >= 15 is 0 Å². The summed E-state index contributed by atoms with van der Waals surface area (Å²) in [5, 5.41) is 14.4. The second kappa shape index (κ2) is 6.82. The van der Waals surface area contributed by atoms with Crippen molar-refractivity contribution in [1.82, 2.24) is 5.32 Å². The van der Waals surface area contributed by atoms with Gasteiger partial charge in [-0.3, -0.25) is 4.79 Å². The minimum atomic E-state index is -0.661. The average molecular weight is 342 g/mol. The van der Waals surface area contributed by atoms with Gasteiger partial charge < -0.3 is 25.3 Å². The summed E-state index contributed by atoms with van der Waals surface area (Å²) in [7, 11) is 0. The van der Waals surface area contributed by atoms with E-state index in [4.69, 9.17) is 14.9 Å². The maximum Gasteiger partial charge on any atom is 0.412 e. The van der Waals surface area contributed by atoms with Crippen molar-refractivity contribution in [1.29, 1.82) is 0 Å². The van der Waals surface area contributed by atoms with Gasteiger partial charge in [-0.2, -0.15) is 0 Å². The zero-order chi connectivity index (χ0) is 18.0. The van der Waals surface area contributed by atoms with Gasteiger partial charge >= 0.3 is 6.09 Å². The number of aromatic hydroxyl groups is 1. The summed E-state index contributed by atoms with van der Waals surface area (Å²) in [4.78, 5) is 23.7.